The summed E-state index contributed by atoms with van der Waals surface area (Å²) < 4.78 is 5.56. The number of nitrogens with one attached hydrogen (secondary N) is 2. The van der Waals surface area contributed by atoms with E-state index >= 15 is 0 Å². The third-order valence-corrected chi connectivity index (χ3v) is 3.93. The summed E-state index contributed by atoms with van der Waals surface area (Å²) in [6.07, 6.45) is 4.55. The molecule has 0 saturated heterocycles. The highest BCUT2D eigenvalue weighted by molar-refractivity contribution is 5.94. The van der Waals surface area contributed by atoms with Crippen molar-refractivity contribution in [1.82, 2.24) is 10.3 Å². The molecule has 3 rings (SSSR count). The van der Waals surface area contributed by atoms with Crippen LogP contribution in [0.15, 0.2) is 42.7 Å². The first kappa shape index (κ1) is 16.0. The van der Waals surface area contributed by atoms with Gasteiger partial charge >= 0.3 is 0 Å². The normalized spacial score (nSPS) is 14.3. The third-order valence-electron chi connectivity index (χ3n) is 3.93. The number of carbonyl (C=O) groups is 2. The summed E-state index contributed by atoms with van der Waals surface area (Å²) >= 11 is 0. The van der Waals surface area contributed by atoms with Gasteiger partial charge in [0.1, 0.15) is 5.75 Å². The molecule has 6 nitrogen and oxygen atoms in total. The molecule has 6 heteroatoms. The van der Waals surface area contributed by atoms with E-state index in [0.29, 0.717) is 18.6 Å². The molecule has 2 aromatic rings. The number of pyridine rings is 1. The zero-order valence-corrected chi connectivity index (χ0v) is 13.4. The van der Waals surface area contributed by atoms with Gasteiger partial charge in [0.15, 0.2) is 6.61 Å². The number of hydrogen-bond acceptors (Lipinski definition) is 4. The molecule has 2 amide bonds. The fraction of sp³-hybridized carbons (Fsp3) is 0.278. The number of nitrogens with zero attached hydrogens (tertiary/aromatic N) is 1. The maximum absolute atomic E-state index is 12.0. The Hall–Kier alpha value is -2.89. The van der Waals surface area contributed by atoms with Crippen LogP contribution in [-0.4, -0.2) is 23.4 Å². The molecule has 1 aromatic carbocycles. The van der Waals surface area contributed by atoms with Crippen LogP contribution in [0.3, 0.4) is 0 Å². The quantitative estimate of drug-likeness (QED) is 0.883. The van der Waals surface area contributed by atoms with E-state index in [9.17, 15) is 9.59 Å². The molecule has 1 aromatic heterocycles. The highest BCUT2D eigenvalue weighted by Crippen LogP contribution is 2.26. The molecule has 1 aliphatic heterocycles. The SMILES string of the molecule is C[C@@H](NC(=O)COc1ccc2c(c1)CCC(=O)N2)c1ccncc1. The van der Waals surface area contributed by atoms with Crippen molar-refractivity contribution in [3.05, 3.63) is 53.9 Å². The molecule has 0 fully saturated rings. The molecule has 1 aliphatic rings. The lowest BCUT2D eigenvalue weighted by atomic mass is 10.0. The Morgan fingerprint density at radius 1 is 1.29 bits per heavy atom. The summed E-state index contributed by atoms with van der Waals surface area (Å²) in [7, 11) is 0. The predicted octanol–water partition coefficient (Wildman–Crippen LogP) is 2.22. The van der Waals surface area contributed by atoms with Crippen LogP contribution in [0, 0.1) is 0 Å². The van der Waals surface area contributed by atoms with Crippen molar-refractivity contribution in [2.24, 2.45) is 0 Å². The Morgan fingerprint density at radius 2 is 2.08 bits per heavy atom. The van der Waals surface area contributed by atoms with Crippen LogP contribution in [0.1, 0.15) is 30.5 Å². The summed E-state index contributed by atoms with van der Waals surface area (Å²) in [6, 6.07) is 9.05. The number of fused-ring (bicyclic) bond motifs is 1. The topological polar surface area (TPSA) is 80.3 Å². The van der Waals surface area contributed by atoms with Crippen LogP contribution in [-0.2, 0) is 16.0 Å². The highest BCUT2D eigenvalue weighted by atomic mass is 16.5. The molecule has 0 aliphatic carbocycles. The molecule has 2 heterocycles. The fourth-order valence-corrected chi connectivity index (χ4v) is 2.62. The third kappa shape index (κ3) is 3.90. The number of amides is 2. The van der Waals surface area contributed by atoms with Gasteiger partial charge in [0.05, 0.1) is 6.04 Å². The first-order valence-electron chi connectivity index (χ1n) is 7.86. The number of aryl methyl sites for hydroxylation is 1. The van der Waals surface area contributed by atoms with Gasteiger partial charge < -0.3 is 15.4 Å². The van der Waals surface area contributed by atoms with Gasteiger partial charge in [0, 0.05) is 24.5 Å². The number of aromatic nitrogens is 1. The van der Waals surface area contributed by atoms with Gasteiger partial charge in [-0.2, -0.15) is 0 Å². The molecule has 0 saturated carbocycles. The van der Waals surface area contributed by atoms with Crippen molar-refractivity contribution < 1.29 is 14.3 Å². The minimum Gasteiger partial charge on any atom is -0.484 e. The lowest BCUT2D eigenvalue weighted by molar-refractivity contribution is -0.123. The molecule has 0 bridgehead atoms. The Labute approximate surface area is 140 Å². The molecular weight excluding hydrogens is 306 g/mol. The molecule has 1 atom stereocenters. The molecule has 0 radical (unpaired) electrons. The largest absolute Gasteiger partial charge is 0.484 e. The first-order valence-corrected chi connectivity index (χ1v) is 7.86. The molecular formula is C18H19N3O3. The van der Waals surface area contributed by atoms with Gasteiger partial charge in [-0.25, -0.2) is 0 Å². The van der Waals surface area contributed by atoms with Crippen LogP contribution < -0.4 is 15.4 Å². The number of ether oxygens (including phenoxy) is 1. The van der Waals surface area contributed by atoms with Crippen molar-refractivity contribution in [3.8, 4) is 5.75 Å². The molecule has 0 spiro atoms. The van der Waals surface area contributed by atoms with E-state index < -0.39 is 0 Å². The second-order valence-corrected chi connectivity index (χ2v) is 5.73. The Kier molecular flexibility index (Phi) is 4.74. The molecule has 0 unspecified atom stereocenters. The zero-order chi connectivity index (χ0) is 16.9. The lowest BCUT2D eigenvalue weighted by Crippen LogP contribution is -2.31. The first-order chi connectivity index (χ1) is 11.6. The average Bonchev–Trinajstić information content (AvgIpc) is 2.60. The summed E-state index contributed by atoms with van der Waals surface area (Å²) in [5.74, 6) is 0.461. The van der Waals surface area contributed by atoms with Crippen LogP contribution in [0.5, 0.6) is 5.75 Å². The Bertz CT molecular complexity index is 746. The predicted molar refractivity (Wildman–Crippen MR) is 89.7 cm³/mol. The van der Waals surface area contributed by atoms with Crippen molar-refractivity contribution in [1.29, 1.82) is 0 Å². The van der Waals surface area contributed by atoms with Gasteiger partial charge in [0.2, 0.25) is 5.91 Å². The minimum atomic E-state index is -0.190. The fourth-order valence-electron chi connectivity index (χ4n) is 2.62. The average molecular weight is 325 g/mol. The van der Waals surface area contributed by atoms with Gasteiger partial charge in [-0.15, -0.1) is 0 Å². The second-order valence-electron chi connectivity index (χ2n) is 5.73. The van der Waals surface area contributed by atoms with Gasteiger partial charge in [-0.1, -0.05) is 0 Å². The van der Waals surface area contributed by atoms with Crippen LogP contribution in [0.2, 0.25) is 0 Å². The highest BCUT2D eigenvalue weighted by Gasteiger charge is 2.15. The van der Waals surface area contributed by atoms with Gasteiger partial charge in [-0.05, 0) is 54.8 Å². The number of carbonyl (C=O) groups excluding carboxylic acids is 2. The van der Waals surface area contributed by atoms with E-state index in [1.165, 1.54) is 0 Å². The molecule has 124 valence electrons. The monoisotopic (exact) mass is 325 g/mol. The minimum absolute atomic E-state index is 0.0284. The summed E-state index contributed by atoms with van der Waals surface area (Å²) in [6.45, 7) is 1.86. The van der Waals surface area contributed by atoms with Crippen molar-refractivity contribution in [2.75, 3.05) is 11.9 Å². The van der Waals surface area contributed by atoms with Crippen LogP contribution >= 0.6 is 0 Å². The Balaban J connectivity index is 1.54. The summed E-state index contributed by atoms with van der Waals surface area (Å²) in [5.41, 5.74) is 2.83. The van der Waals surface area contributed by atoms with Crippen LogP contribution in [0.4, 0.5) is 5.69 Å². The van der Waals surface area contributed by atoms with Crippen molar-refractivity contribution >= 4 is 17.5 Å². The van der Waals surface area contributed by atoms with Gasteiger partial charge in [-0.3, -0.25) is 14.6 Å². The van der Waals surface area contributed by atoms with Crippen LogP contribution in [0.25, 0.3) is 0 Å². The second kappa shape index (κ2) is 7.12. The number of rotatable bonds is 5. The van der Waals surface area contributed by atoms with Gasteiger partial charge in [0.25, 0.3) is 5.91 Å². The molecule has 2 N–H and O–H groups in total. The zero-order valence-electron chi connectivity index (χ0n) is 13.4. The van der Waals surface area contributed by atoms with E-state index in [0.717, 1.165) is 16.8 Å². The lowest BCUT2D eigenvalue weighted by Gasteiger charge is -2.18. The van der Waals surface area contributed by atoms with Crippen molar-refractivity contribution in [3.63, 3.8) is 0 Å². The van der Waals surface area contributed by atoms with E-state index in [-0.39, 0.29) is 24.5 Å². The number of hydrogen-bond donors (Lipinski definition) is 2. The number of anilines is 1. The standard InChI is InChI=1S/C18H19N3O3/c1-12(13-6-8-19-9-7-13)20-18(23)11-24-15-3-4-16-14(10-15)2-5-17(22)21-16/h3-4,6-10,12H,2,5,11H2,1H3,(H,20,23)(H,21,22)/t12-/m1/s1. The summed E-state index contributed by atoms with van der Waals surface area (Å²) in [4.78, 5) is 27.3. The van der Waals surface area contributed by atoms with E-state index in [4.69, 9.17) is 4.74 Å². The van der Waals surface area contributed by atoms with Crippen molar-refractivity contribution in [2.45, 2.75) is 25.8 Å². The summed E-state index contributed by atoms with van der Waals surface area (Å²) in [5, 5.41) is 5.70. The van der Waals surface area contributed by atoms with E-state index in [1.54, 1.807) is 24.5 Å². The maximum Gasteiger partial charge on any atom is 0.258 e. The smallest absolute Gasteiger partial charge is 0.258 e. The number of benzene rings is 1. The molecule has 24 heavy (non-hydrogen) atoms. The Morgan fingerprint density at radius 3 is 2.88 bits per heavy atom. The van der Waals surface area contributed by atoms with E-state index in [2.05, 4.69) is 15.6 Å². The maximum atomic E-state index is 12.0. The van der Waals surface area contributed by atoms with E-state index in [1.807, 2.05) is 25.1 Å².